The van der Waals surface area contributed by atoms with Crippen molar-refractivity contribution >= 4 is 21.7 Å². The van der Waals surface area contributed by atoms with Gasteiger partial charge in [-0.05, 0) is 59.1 Å². The van der Waals surface area contributed by atoms with Gasteiger partial charge in [0.2, 0.25) is 0 Å². The first-order valence-corrected chi connectivity index (χ1v) is 6.27. The zero-order chi connectivity index (χ0) is 13.3. The smallest absolute Gasteiger partial charge is 0.197 e. The molecule has 0 saturated carbocycles. The zero-order valence-electron chi connectivity index (χ0n) is 10.4. The van der Waals surface area contributed by atoms with Crippen LogP contribution in [0.5, 0.6) is 5.75 Å². The molecule has 3 nitrogen and oxygen atoms in total. The molecule has 2 aromatic rings. The molecule has 0 unspecified atom stereocenters. The van der Waals surface area contributed by atoms with E-state index in [1.807, 2.05) is 26.0 Å². The molecule has 0 N–H and O–H groups in total. The van der Waals surface area contributed by atoms with Crippen LogP contribution in [0.3, 0.4) is 0 Å². The molecule has 0 radical (unpaired) electrons. The third-order valence-corrected chi connectivity index (χ3v) is 3.46. The van der Waals surface area contributed by atoms with Crippen LogP contribution in [-0.4, -0.2) is 12.9 Å². The number of carbonyl (C=O) groups excluding carboxylic acids is 1. The first-order chi connectivity index (χ1) is 8.54. The van der Waals surface area contributed by atoms with Crippen LogP contribution >= 0.6 is 15.9 Å². The number of ether oxygens (including phenoxy) is 1. The predicted octanol–water partition coefficient (Wildman–Crippen LogP) is 3.90. The Balaban J connectivity index is 2.49. The lowest BCUT2D eigenvalue weighted by molar-refractivity contribution is 0.103. The third kappa shape index (κ3) is 2.20. The highest BCUT2D eigenvalue weighted by atomic mass is 79.9. The van der Waals surface area contributed by atoms with Gasteiger partial charge in [-0.25, -0.2) is 0 Å². The Hall–Kier alpha value is -1.55. The quantitative estimate of drug-likeness (QED) is 0.807. The summed E-state index contributed by atoms with van der Waals surface area (Å²) in [5.41, 5.74) is 3.01. The summed E-state index contributed by atoms with van der Waals surface area (Å²) in [7, 11) is 1.62. The van der Waals surface area contributed by atoms with E-state index < -0.39 is 0 Å². The van der Waals surface area contributed by atoms with Gasteiger partial charge in [0, 0.05) is 5.56 Å². The number of hydrogen-bond donors (Lipinski definition) is 0. The first-order valence-electron chi connectivity index (χ1n) is 5.47. The Morgan fingerprint density at radius 1 is 1.22 bits per heavy atom. The summed E-state index contributed by atoms with van der Waals surface area (Å²) in [6, 6.07) is 5.37. The third-order valence-electron chi connectivity index (χ3n) is 2.85. The fraction of sp³-hybridized carbons (Fsp3) is 0.214. The first kappa shape index (κ1) is 12.9. The van der Waals surface area contributed by atoms with Gasteiger partial charge in [0.1, 0.15) is 5.75 Å². The second-order valence-corrected chi connectivity index (χ2v) is 4.79. The molecule has 0 aliphatic heterocycles. The van der Waals surface area contributed by atoms with Crippen molar-refractivity contribution in [3.05, 3.63) is 51.4 Å². The summed E-state index contributed by atoms with van der Waals surface area (Å²) in [6.45, 7) is 3.81. The fourth-order valence-electron chi connectivity index (χ4n) is 1.86. The normalized spacial score (nSPS) is 10.4. The molecule has 0 aliphatic carbocycles. The number of rotatable bonds is 3. The molecule has 0 spiro atoms. The molecule has 1 aromatic heterocycles. The van der Waals surface area contributed by atoms with E-state index in [1.54, 1.807) is 13.2 Å². The van der Waals surface area contributed by atoms with E-state index in [9.17, 15) is 4.79 Å². The lowest BCUT2D eigenvalue weighted by Gasteiger charge is -2.10. The summed E-state index contributed by atoms with van der Waals surface area (Å²) in [5.74, 6) is 0.731. The molecular formula is C14H13BrO3. The van der Waals surface area contributed by atoms with Crippen LogP contribution in [0.25, 0.3) is 0 Å². The maximum absolute atomic E-state index is 12.4. The SMILES string of the molecule is COc1cc(C)c(C(=O)c2ccoc2Br)cc1C. The number of methoxy groups -OCH3 is 1. The van der Waals surface area contributed by atoms with Crippen molar-refractivity contribution in [3.63, 3.8) is 0 Å². The summed E-state index contributed by atoms with van der Waals surface area (Å²) in [6.07, 6.45) is 1.49. The highest BCUT2D eigenvalue weighted by Gasteiger charge is 2.18. The second-order valence-electron chi connectivity index (χ2n) is 4.07. The minimum atomic E-state index is -0.0566. The molecule has 0 atom stereocenters. The van der Waals surface area contributed by atoms with Gasteiger partial charge in [0.15, 0.2) is 10.5 Å². The van der Waals surface area contributed by atoms with Crippen molar-refractivity contribution in [2.75, 3.05) is 7.11 Å². The molecule has 0 aliphatic rings. The average molecular weight is 309 g/mol. The average Bonchev–Trinajstić information content (AvgIpc) is 2.77. The van der Waals surface area contributed by atoms with Gasteiger partial charge in [0.05, 0.1) is 18.9 Å². The van der Waals surface area contributed by atoms with E-state index in [2.05, 4.69) is 15.9 Å². The maximum atomic E-state index is 12.4. The summed E-state index contributed by atoms with van der Waals surface area (Å²) in [5, 5.41) is 0. The van der Waals surface area contributed by atoms with Crippen molar-refractivity contribution in [1.82, 2.24) is 0 Å². The van der Waals surface area contributed by atoms with Gasteiger partial charge < -0.3 is 9.15 Å². The van der Waals surface area contributed by atoms with Gasteiger partial charge in [-0.3, -0.25) is 4.79 Å². The van der Waals surface area contributed by atoms with E-state index in [0.717, 1.165) is 16.9 Å². The molecular weight excluding hydrogens is 296 g/mol. The Kier molecular flexibility index (Phi) is 3.57. The highest BCUT2D eigenvalue weighted by molar-refractivity contribution is 9.10. The molecule has 1 heterocycles. The van der Waals surface area contributed by atoms with Crippen molar-refractivity contribution in [1.29, 1.82) is 0 Å². The summed E-state index contributed by atoms with van der Waals surface area (Å²) < 4.78 is 10.8. The van der Waals surface area contributed by atoms with Crippen LogP contribution in [0.1, 0.15) is 27.0 Å². The molecule has 0 bridgehead atoms. The molecule has 4 heteroatoms. The van der Waals surface area contributed by atoms with Gasteiger partial charge in [-0.2, -0.15) is 0 Å². The molecule has 0 saturated heterocycles. The Morgan fingerprint density at radius 3 is 2.50 bits per heavy atom. The largest absolute Gasteiger partial charge is 0.496 e. The van der Waals surface area contributed by atoms with E-state index in [-0.39, 0.29) is 5.78 Å². The van der Waals surface area contributed by atoms with Crippen molar-refractivity contribution < 1.29 is 13.9 Å². The predicted molar refractivity (Wildman–Crippen MR) is 72.3 cm³/mol. The number of carbonyl (C=O) groups is 1. The maximum Gasteiger partial charge on any atom is 0.197 e. The van der Waals surface area contributed by atoms with Crippen molar-refractivity contribution in [2.45, 2.75) is 13.8 Å². The Labute approximate surface area is 114 Å². The van der Waals surface area contributed by atoms with E-state index in [4.69, 9.17) is 9.15 Å². The van der Waals surface area contributed by atoms with E-state index in [0.29, 0.717) is 15.8 Å². The van der Waals surface area contributed by atoms with Crippen LogP contribution in [-0.2, 0) is 0 Å². The number of ketones is 1. The molecule has 2 rings (SSSR count). The highest BCUT2D eigenvalue weighted by Crippen LogP contribution is 2.27. The van der Waals surface area contributed by atoms with Crippen molar-refractivity contribution in [2.24, 2.45) is 0 Å². The molecule has 0 amide bonds. The fourth-order valence-corrected chi connectivity index (χ4v) is 2.28. The monoisotopic (exact) mass is 308 g/mol. The molecule has 0 fully saturated rings. The lowest BCUT2D eigenvalue weighted by Crippen LogP contribution is -2.04. The number of hydrogen-bond acceptors (Lipinski definition) is 3. The van der Waals surface area contributed by atoms with E-state index >= 15 is 0 Å². The topological polar surface area (TPSA) is 39.4 Å². The summed E-state index contributed by atoms with van der Waals surface area (Å²) in [4.78, 5) is 12.4. The zero-order valence-corrected chi connectivity index (χ0v) is 12.0. The van der Waals surface area contributed by atoms with Crippen LogP contribution in [0.15, 0.2) is 33.5 Å². The Morgan fingerprint density at radius 2 is 1.94 bits per heavy atom. The van der Waals surface area contributed by atoms with Crippen LogP contribution in [0, 0.1) is 13.8 Å². The Bertz CT molecular complexity index is 599. The van der Waals surface area contributed by atoms with Crippen LogP contribution in [0.4, 0.5) is 0 Å². The molecule has 1 aromatic carbocycles. The minimum absolute atomic E-state index is 0.0566. The van der Waals surface area contributed by atoms with Gasteiger partial charge in [-0.15, -0.1) is 0 Å². The molecule has 94 valence electrons. The van der Waals surface area contributed by atoms with Gasteiger partial charge >= 0.3 is 0 Å². The van der Waals surface area contributed by atoms with Gasteiger partial charge in [-0.1, -0.05) is 0 Å². The van der Waals surface area contributed by atoms with Crippen LogP contribution in [0.2, 0.25) is 0 Å². The molecule has 18 heavy (non-hydrogen) atoms. The number of aryl methyl sites for hydroxylation is 2. The standard InChI is InChI=1S/C14H13BrO3/c1-8-7-12(17-3)9(2)6-11(8)13(16)10-4-5-18-14(10)15/h4-7H,1-3H3. The van der Waals surface area contributed by atoms with Gasteiger partial charge in [0.25, 0.3) is 0 Å². The number of benzene rings is 1. The summed E-state index contributed by atoms with van der Waals surface area (Å²) >= 11 is 3.22. The van der Waals surface area contributed by atoms with Crippen molar-refractivity contribution in [3.8, 4) is 5.75 Å². The number of halogens is 1. The number of furan rings is 1. The van der Waals surface area contributed by atoms with Crippen LogP contribution < -0.4 is 4.74 Å². The lowest BCUT2D eigenvalue weighted by atomic mass is 9.98. The second kappa shape index (κ2) is 4.98. The van der Waals surface area contributed by atoms with E-state index in [1.165, 1.54) is 6.26 Å². The minimum Gasteiger partial charge on any atom is -0.496 e.